The molecule has 18 heavy (non-hydrogen) atoms. The zero-order valence-corrected chi connectivity index (χ0v) is 12.2. The van der Waals surface area contributed by atoms with E-state index in [1.807, 2.05) is 25.6 Å². The standard InChI is InChI=1S/C13H15BrFN3/c1-8-13(14)9(2)18(17-8)12-5-4-11(15)6-10(12)7-16-3/h4-6,16H,7H2,1-3H3. The number of benzene rings is 1. The van der Waals surface area contributed by atoms with E-state index in [2.05, 4.69) is 26.3 Å². The molecule has 1 aromatic heterocycles. The van der Waals surface area contributed by atoms with Crippen molar-refractivity contribution in [2.45, 2.75) is 20.4 Å². The molecule has 0 spiro atoms. The van der Waals surface area contributed by atoms with Gasteiger partial charge < -0.3 is 5.32 Å². The summed E-state index contributed by atoms with van der Waals surface area (Å²) in [5, 5.41) is 7.51. The Balaban J connectivity index is 2.59. The Kier molecular flexibility index (Phi) is 3.82. The van der Waals surface area contributed by atoms with E-state index in [9.17, 15) is 4.39 Å². The summed E-state index contributed by atoms with van der Waals surface area (Å²) in [6, 6.07) is 4.75. The smallest absolute Gasteiger partial charge is 0.123 e. The first-order valence-corrected chi connectivity index (χ1v) is 6.49. The molecule has 1 heterocycles. The second-order valence-electron chi connectivity index (χ2n) is 4.20. The minimum atomic E-state index is -0.232. The summed E-state index contributed by atoms with van der Waals surface area (Å²) in [7, 11) is 1.84. The first-order chi connectivity index (χ1) is 8.54. The molecule has 0 aliphatic carbocycles. The van der Waals surface area contributed by atoms with Gasteiger partial charge in [-0.15, -0.1) is 0 Å². The molecule has 0 saturated heterocycles. The molecule has 1 aromatic carbocycles. The van der Waals surface area contributed by atoms with E-state index in [1.54, 1.807) is 6.07 Å². The summed E-state index contributed by atoms with van der Waals surface area (Å²) >= 11 is 3.50. The highest BCUT2D eigenvalue weighted by Crippen LogP contribution is 2.25. The summed E-state index contributed by atoms with van der Waals surface area (Å²) in [6.45, 7) is 4.52. The summed E-state index contributed by atoms with van der Waals surface area (Å²) in [5.41, 5.74) is 3.72. The molecule has 0 aliphatic rings. The van der Waals surface area contributed by atoms with Crippen molar-refractivity contribution in [1.82, 2.24) is 15.1 Å². The van der Waals surface area contributed by atoms with Gasteiger partial charge in [0.2, 0.25) is 0 Å². The molecule has 96 valence electrons. The highest BCUT2D eigenvalue weighted by Gasteiger charge is 2.13. The number of rotatable bonds is 3. The van der Waals surface area contributed by atoms with Crippen LogP contribution in [0.5, 0.6) is 0 Å². The molecule has 0 saturated carbocycles. The van der Waals surface area contributed by atoms with E-state index in [-0.39, 0.29) is 5.82 Å². The van der Waals surface area contributed by atoms with Crippen LogP contribution in [0.2, 0.25) is 0 Å². The number of nitrogens with one attached hydrogen (secondary N) is 1. The molecule has 2 rings (SSSR count). The molecule has 5 heteroatoms. The third-order valence-corrected chi connectivity index (χ3v) is 3.99. The van der Waals surface area contributed by atoms with Gasteiger partial charge >= 0.3 is 0 Å². The monoisotopic (exact) mass is 311 g/mol. The van der Waals surface area contributed by atoms with Crippen molar-refractivity contribution in [3.8, 4) is 5.69 Å². The lowest BCUT2D eigenvalue weighted by atomic mass is 10.1. The average molecular weight is 312 g/mol. The van der Waals surface area contributed by atoms with Gasteiger partial charge in [0.15, 0.2) is 0 Å². The lowest BCUT2D eigenvalue weighted by Crippen LogP contribution is -2.11. The number of halogens is 2. The third-order valence-electron chi connectivity index (χ3n) is 2.84. The van der Waals surface area contributed by atoms with Gasteiger partial charge in [-0.25, -0.2) is 9.07 Å². The van der Waals surface area contributed by atoms with Gasteiger partial charge in [0.1, 0.15) is 5.82 Å². The molecule has 0 radical (unpaired) electrons. The predicted octanol–water partition coefficient (Wildman–Crippen LogP) is 3.11. The van der Waals surface area contributed by atoms with Crippen molar-refractivity contribution in [3.63, 3.8) is 0 Å². The Morgan fingerprint density at radius 3 is 2.67 bits per heavy atom. The van der Waals surface area contributed by atoms with Crippen LogP contribution in [0.1, 0.15) is 17.0 Å². The number of aryl methyl sites for hydroxylation is 1. The van der Waals surface area contributed by atoms with E-state index < -0.39 is 0 Å². The maximum Gasteiger partial charge on any atom is 0.123 e. The summed E-state index contributed by atoms with van der Waals surface area (Å²) in [6.07, 6.45) is 0. The fraction of sp³-hybridized carbons (Fsp3) is 0.308. The zero-order valence-electron chi connectivity index (χ0n) is 10.6. The third kappa shape index (κ3) is 2.33. The summed E-state index contributed by atoms with van der Waals surface area (Å²) in [5.74, 6) is -0.232. The van der Waals surface area contributed by atoms with E-state index in [1.165, 1.54) is 12.1 Å². The van der Waals surface area contributed by atoms with Crippen LogP contribution in [0.4, 0.5) is 4.39 Å². The van der Waals surface area contributed by atoms with Crippen molar-refractivity contribution in [2.75, 3.05) is 7.05 Å². The van der Waals surface area contributed by atoms with Crippen molar-refractivity contribution in [1.29, 1.82) is 0 Å². The van der Waals surface area contributed by atoms with E-state index in [4.69, 9.17) is 0 Å². The predicted molar refractivity (Wildman–Crippen MR) is 73.5 cm³/mol. The van der Waals surface area contributed by atoms with E-state index >= 15 is 0 Å². The van der Waals surface area contributed by atoms with Gasteiger partial charge in [-0.1, -0.05) is 0 Å². The number of aromatic nitrogens is 2. The van der Waals surface area contributed by atoms with Crippen molar-refractivity contribution < 1.29 is 4.39 Å². The SMILES string of the molecule is CNCc1cc(F)ccc1-n1nc(C)c(Br)c1C. The van der Waals surface area contributed by atoms with Gasteiger partial charge in [0.25, 0.3) is 0 Å². The molecule has 2 aromatic rings. The lowest BCUT2D eigenvalue weighted by Gasteiger charge is -2.11. The van der Waals surface area contributed by atoms with Crippen LogP contribution >= 0.6 is 15.9 Å². The molecule has 0 fully saturated rings. The fourth-order valence-electron chi connectivity index (χ4n) is 1.95. The van der Waals surface area contributed by atoms with Gasteiger partial charge in [-0.2, -0.15) is 5.10 Å². The average Bonchev–Trinajstić information content (AvgIpc) is 2.58. The first-order valence-electron chi connectivity index (χ1n) is 5.69. The van der Waals surface area contributed by atoms with Gasteiger partial charge in [0, 0.05) is 6.54 Å². The van der Waals surface area contributed by atoms with Gasteiger partial charge in [-0.05, 0) is 60.6 Å². The number of hydrogen-bond donors (Lipinski definition) is 1. The van der Waals surface area contributed by atoms with E-state index in [0.29, 0.717) is 6.54 Å². The topological polar surface area (TPSA) is 29.9 Å². The van der Waals surface area contributed by atoms with Crippen LogP contribution in [0.15, 0.2) is 22.7 Å². The van der Waals surface area contributed by atoms with Crippen LogP contribution in [-0.2, 0) is 6.54 Å². The molecule has 1 N–H and O–H groups in total. The highest BCUT2D eigenvalue weighted by molar-refractivity contribution is 9.10. The van der Waals surface area contributed by atoms with Crippen molar-refractivity contribution >= 4 is 15.9 Å². The highest BCUT2D eigenvalue weighted by atomic mass is 79.9. The summed E-state index contributed by atoms with van der Waals surface area (Å²) < 4.78 is 16.1. The van der Waals surface area contributed by atoms with Crippen LogP contribution in [0.3, 0.4) is 0 Å². The lowest BCUT2D eigenvalue weighted by molar-refractivity contribution is 0.622. The Bertz CT molecular complexity index is 578. The van der Waals surface area contributed by atoms with Crippen LogP contribution in [0, 0.1) is 19.7 Å². The molecule has 0 amide bonds. The second kappa shape index (κ2) is 5.20. The minimum absolute atomic E-state index is 0.232. The van der Waals surface area contributed by atoms with E-state index in [0.717, 1.165) is 27.1 Å². The Morgan fingerprint density at radius 1 is 1.39 bits per heavy atom. The molecule has 0 unspecified atom stereocenters. The zero-order chi connectivity index (χ0) is 13.3. The van der Waals surface area contributed by atoms with Gasteiger partial charge in [0.05, 0.1) is 21.5 Å². The largest absolute Gasteiger partial charge is 0.316 e. The van der Waals surface area contributed by atoms with Crippen molar-refractivity contribution in [3.05, 3.63) is 45.4 Å². The minimum Gasteiger partial charge on any atom is -0.316 e. The molecule has 0 bridgehead atoms. The molecule has 0 aliphatic heterocycles. The quantitative estimate of drug-likeness (QED) is 0.944. The van der Waals surface area contributed by atoms with Crippen LogP contribution in [0.25, 0.3) is 5.69 Å². The maximum atomic E-state index is 13.3. The van der Waals surface area contributed by atoms with Gasteiger partial charge in [-0.3, -0.25) is 0 Å². The molecular weight excluding hydrogens is 297 g/mol. The Hall–Kier alpha value is -1.20. The molecule has 0 atom stereocenters. The second-order valence-corrected chi connectivity index (χ2v) is 4.99. The Morgan fingerprint density at radius 2 is 2.11 bits per heavy atom. The number of hydrogen-bond acceptors (Lipinski definition) is 2. The normalized spacial score (nSPS) is 10.9. The summed E-state index contributed by atoms with van der Waals surface area (Å²) in [4.78, 5) is 0. The molecule has 3 nitrogen and oxygen atoms in total. The maximum absolute atomic E-state index is 13.3. The Labute approximate surface area is 114 Å². The van der Waals surface area contributed by atoms with Crippen molar-refractivity contribution in [2.24, 2.45) is 0 Å². The first kappa shape index (κ1) is 13.2. The fourth-order valence-corrected chi connectivity index (χ4v) is 2.20. The van der Waals surface area contributed by atoms with Crippen LogP contribution in [-0.4, -0.2) is 16.8 Å². The number of nitrogens with zero attached hydrogens (tertiary/aromatic N) is 2. The van der Waals surface area contributed by atoms with Crippen LogP contribution < -0.4 is 5.32 Å². The molecular formula is C13H15BrFN3.